The lowest BCUT2D eigenvalue weighted by Gasteiger charge is -2.17. The first-order valence-corrected chi connectivity index (χ1v) is 11.9. The largest absolute Gasteiger partial charge is 0.319 e. The zero-order valence-corrected chi connectivity index (χ0v) is 17.9. The molecule has 8 nitrogen and oxygen atoms in total. The van der Waals surface area contributed by atoms with Crippen LogP contribution in [-0.4, -0.2) is 66.0 Å². The molecule has 0 atom stereocenters. The van der Waals surface area contributed by atoms with Crippen LogP contribution in [0.15, 0.2) is 28.7 Å². The Labute approximate surface area is 170 Å². The summed E-state index contributed by atoms with van der Waals surface area (Å²) in [7, 11) is -3.63. The molecule has 1 aliphatic heterocycles. The molecule has 3 rings (SSSR count). The lowest BCUT2D eigenvalue weighted by molar-refractivity contribution is 0.102. The van der Waals surface area contributed by atoms with Crippen LogP contribution in [0.25, 0.3) is 0 Å². The van der Waals surface area contributed by atoms with E-state index in [1.807, 2.05) is 0 Å². The van der Waals surface area contributed by atoms with Gasteiger partial charge in [-0.3, -0.25) is 9.48 Å². The van der Waals surface area contributed by atoms with Crippen molar-refractivity contribution in [3.63, 3.8) is 0 Å². The number of nitrogens with one attached hydrogen (secondary N) is 1. The van der Waals surface area contributed by atoms with E-state index in [4.69, 9.17) is 0 Å². The molecule has 0 bridgehead atoms. The van der Waals surface area contributed by atoms with Crippen LogP contribution in [-0.2, 0) is 16.6 Å². The van der Waals surface area contributed by atoms with Crippen molar-refractivity contribution < 1.29 is 13.2 Å². The molecule has 1 amide bonds. The van der Waals surface area contributed by atoms with E-state index in [9.17, 15) is 13.2 Å². The maximum Gasteiger partial charge on any atom is 0.267 e. The van der Waals surface area contributed by atoms with E-state index in [-0.39, 0.29) is 9.77 Å². The predicted molar refractivity (Wildman–Crippen MR) is 110 cm³/mol. The molecule has 154 valence electrons. The molecule has 1 saturated heterocycles. The summed E-state index contributed by atoms with van der Waals surface area (Å²) in [6.07, 6.45) is 5.07. The number of anilines is 1. The Kier molecular flexibility index (Phi) is 6.86. The molecule has 1 N–H and O–H groups in total. The molecule has 1 fully saturated rings. The van der Waals surface area contributed by atoms with Gasteiger partial charge in [0, 0.05) is 25.8 Å². The lowest BCUT2D eigenvalue weighted by Crippen LogP contribution is -2.29. The predicted octanol–water partition coefficient (Wildman–Crippen LogP) is 2.32. The zero-order chi connectivity index (χ0) is 20.1. The van der Waals surface area contributed by atoms with Gasteiger partial charge in [0.25, 0.3) is 5.91 Å². The standard InChI is InChI=1S/C18H27N5O3S2/c1-3-21(4-2)10-11-22-14-15(13-19-22)20-18(24)17-16(7-12-27-17)28(25,26)23-8-5-6-9-23/h7,12-14H,3-6,8-11H2,1-2H3,(H,20,24). The average molecular weight is 426 g/mol. The molecule has 0 unspecified atom stereocenters. The summed E-state index contributed by atoms with van der Waals surface area (Å²) in [5, 5.41) is 8.70. The van der Waals surface area contributed by atoms with Gasteiger partial charge in [0.1, 0.15) is 9.77 Å². The first-order chi connectivity index (χ1) is 13.5. The number of thiophene rings is 1. The third-order valence-electron chi connectivity index (χ3n) is 4.95. The number of amides is 1. The minimum atomic E-state index is -3.63. The second-order valence-corrected chi connectivity index (χ2v) is 9.52. The SMILES string of the molecule is CCN(CC)CCn1cc(NC(=O)c2sccc2S(=O)(=O)N2CCCC2)cn1. The molecular formula is C18H27N5O3S2. The monoisotopic (exact) mass is 425 g/mol. The van der Waals surface area contributed by atoms with Crippen LogP contribution in [0.5, 0.6) is 0 Å². The molecule has 0 aliphatic carbocycles. The van der Waals surface area contributed by atoms with Crippen LogP contribution in [0.1, 0.15) is 36.4 Å². The van der Waals surface area contributed by atoms with Crippen LogP contribution in [0.4, 0.5) is 5.69 Å². The normalized spacial score (nSPS) is 15.4. The van der Waals surface area contributed by atoms with Crippen molar-refractivity contribution >= 4 is 33.0 Å². The molecule has 28 heavy (non-hydrogen) atoms. The smallest absolute Gasteiger partial charge is 0.267 e. The first-order valence-electron chi connectivity index (χ1n) is 9.59. The van der Waals surface area contributed by atoms with Crippen LogP contribution in [0, 0.1) is 0 Å². The van der Waals surface area contributed by atoms with E-state index in [1.54, 1.807) is 22.5 Å². The van der Waals surface area contributed by atoms with Gasteiger partial charge in [-0.15, -0.1) is 11.3 Å². The van der Waals surface area contributed by atoms with Gasteiger partial charge in [-0.05, 0) is 37.4 Å². The molecule has 1 aliphatic rings. The zero-order valence-electron chi connectivity index (χ0n) is 16.3. The van der Waals surface area contributed by atoms with E-state index in [0.29, 0.717) is 18.8 Å². The fourth-order valence-corrected chi connectivity index (χ4v) is 6.07. The Bertz CT molecular complexity index is 896. The van der Waals surface area contributed by atoms with E-state index in [1.165, 1.54) is 10.4 Å². The fraction of sp³-hybridized carbons (Fsp3) is 0.556. The summed E-state index contributed by atoms with van der Waals surface area (Å²) in [5.74, 6) is -0.420. The Morgan fingerprint density at radius 2 is 2.00 bits per heavy atom. The van der Waals surface area contributed by atoms with Gasteiger partial charge in [-0.2, -0.15) is 9.40 Å². The highest BCUT2D eigenvalue weighted by Crippen LogP contribution is 2.28. The Balaban J connectivity index is 1.67. The van der Waals surface area contributed by atoms with Gasteiger partial charge >= 0.3 is 0 Å². The number of aromatic nitrogens is 2. The van der Waals surface area contributed by atoms with Gasteiger partial charge in [-0.1, -0.05) is 13.8 Å². The van der Waals surface area contributed by atoms with Crippen molar-refractivity contribution in [2.45, 2.75) is 38.1 Å². The highest BCUT2D eigenvalue weighted by Gasteiger charge is 2.31. The second kappa shape index (κ2) is 9.17. The summed E-state index contributed by atoms with van der Waals surface area (Å²) in [6.45, 7) is 8.83. The molecular weight excluding hydrogens is 398 g/mol. The third-order valence-corrected chi connectivity index (χ3v) is 7.93. The summed E-state index contributed by atoms with van der Waals surface area (Å²) in [6, 6.07) is 1.51. The van der Waals surface area contributed by atoms with Crippen LogP contribution in [0.2, 0.25) is 0 Å². The number of carbonyl (C=O) groups excluding carboxylic acids is 1. The average Bonchev–Trinajstić information content (AvgIpc) is 3.43. The van der Waals surface area contributed by atoms with Crippen molar-refractivity contribution in [2.24, 2.45) is 0 Å². The van der Waals surface area contributed by atoms with Gasteiger partial charge in [0.2, 0.25) is 10.0 Å². The van der Waals surface area contributed by atoms with Crippen molar-refractivity contribution in [3.8, 4) is 0 Å². The third kappa shape index (κ3) is 4.62. The molecule has 3 heterocycles. The molecule has 2 aromatic heterocycles. The Morgan fingerprint density at radius 3 is 2.68 bits per heavy atom. The lowest BCUT2D eigenvalue weighted by atomic mass is 10.4. The Morgan fingerprint density at radius 1 is 1.29 bits per heavy atom. The number of hydrogen-bond acceptors (Lipinski definition) is 6. The Hall–Kier alpha value is -1.75. The molecule has 2 aromatic rings. The highest BCUT2D eigenvalue weighted by molar-refractivity contribution is 7.89. The second-order valence-electron chi connectivity index (χ2n) is 6.70. The van der Waals surface area contributed by atoms with Crippen LogP contribution in [0.3, 0.4) is 0 Å². The summed E-state index contributed by atoms with van der Waals surface area (Å²) < 4.78 is 28.9. The van der Waals surface area contributed by atoms with Crippen LogP contribution < -0.4 is 5.32 Å². The van der Waals surface area contributed by atoms with E-state index in [2.05, 4.69) is 29.2 Å². The number of nitrogens with zero attached hydrogens (tertiary/aromatic N) is 4. The quantitative estimate of drug-likeness (QED) is 0.666. The van der Waals surface area contributed by atoms with Crippen molar-refractivity contribution in [1.82, 2.24) is 19.0 Å². The molecule has 10 heteroatoms. The maximum absolute atomic E-state index is 12.8. The van der Waals surface area contributed by atoms with Crippen molar-refractivity contribution in [3.05, 3.63) is 28.7 Å². The molecule has 0 radical (unpaired) electrons. The van der Waals surface area contributed by atoms with Crippen molar-refractivity contribution in [2.75, 3.05) is 38.0 Å². The van der Waals surface area contributed by atoms with Gasteiger partial charge in [0.15, 0.2) is 0 Å². The molecule has 0 saturated carbocycles. The van der Waals surface area contributed by atoms with E-state index < -0.39 is 15.9 Å². The minimum Gasteiger partial charge on any atom is -0.319 e. The van der Waals surface area contributed by atoms with E-state index >= 15 is 0 Å². The molecule has 0 aromatic carbocycles. The number of hydrogen-bond donors (Lipinski definition) is 1. The van der Waals surface area contributed by atoms with Gasteiger partial charge in [-0.25, -0.2) is 8.42 Å². The topological polar surface area (TPSA) is 87.5 Å². The summed E-state index contributed by atoms with van der Waals surface area (Å²) >= 11 is 1.14. The van der Waals surface area contributed by atoms with Crippen LogP contribution >= 0.6 is 11.3 Å². The van der Waals surface area contributed by atoms with Gasteiger partial charge < -0.3 is 10.2 Å². The number of sulfonamides is 1. The maximum atomic E-state index is 12.8. The van der Waals surface area contributed by atoms with Crippen molar-refractivity contribution in [1.29, 1.82) is 0 Å². The van der Waals surface area contributed by atoms with Gasteiger partial charge in [0.05, 0.1) is 18.4 Å². The first kappa shape index (κ1) is 21.0. The van der Waals surface area contributed by atoms with E-state index in [0.717, 1.165) is 50.4 Å². The number of carbonyl (C=O) groups is 1. The summed E-state index contributed by atoms with van der Waals surface area (Å²) in [4.78, 5) is 15.3. The minimum absolute atomic E-state index is 0.0887. The molecule has 0 spiro atoms. The summed E-state index contributed by atoms with van der Waals surface area (Å²) in [5.41, 5.74) is 0.558. The number of rotatable bonds is 9. The highest BCUT2D eigenvalue weighted by atomic mass is 32.2. The fourth-order valence-electron chi connectivity index (χ4n) is 3.26. The number of likely N-dealkylation sites (N-methyl/N-ethyl adjacent to an activating group) is 1.